The van der Waals surface area contributed by atoms with Crippen LogP contribution in [0.25, 0.3) is 0 Å². The zero-order valence-electron chi connectivity index (χ0n) is 15.6. The summed E-state index contributed by atoms with van der Waals surface area (Å²) in [6.07, 6.45) is 1.50. The third-order valence-electron chi connectivity index (χ3n) is 4.28. The van der Waals surface area contributed by atoms with Crippen LogP contribution < -0.4 is 15.4 Å². The highest BCUT2D eigenvalue weighted by atomic mass is 16.5. The Bertz CT molecular complexity index is 889. The van der Waals surface area contributed by atoms with Gasteiger partial charge in [0.15, 0.2) is 0 Å². The van der Waals surface area contributed by atoms with Crippen molar-refractivity contribution < 1.29 is 19.1 Å². The molecule has 2 aromatic rings. The van der Waals surface area contributed by atoms with E-state index in [4.69, 9.17) is 9.47 Å². The molecule has 6 nitrogen and oxygen atoms in total. The smallest absolute Gasteiger partial charge is 0.338 e. The first kappa shape index (κ1) is 19.2. The third-order valence-corrected chi connectivity index (χ3v) is 4.28. The number of amides is 2. The molecule has 1 atom stereocenters. The molecule has 0 saturated carbocycles. The van der Waals surface area contributed by atoms with Crippen LogP contribution in [0.15, 0.2) is 78.5 Å². The van der Waals surface area contributed by atoms with Crippen LogP contribution in [0.5, 0.6) is 5.75 Å². The summed E-state index contributed by atoms with van der Waals surface area (Å²) in [5.41, 5.74) is 2.65. The minimum absolute atomic E-state index is 0.0997. The van der Waals surface area contributed by atoms with E-state index in [2.05, 4.69) is 17.2 Å². The lowest BCUT2D eigenvalue weighted by Gasteiger charge is -2.28. The van der Waals surface area contributed by atoms with Gasteiger partial charge < -0.3 is 20.1 Å². The molecular formula is C22H22N2O4. The second-order valence-electron chi connectivity index (χ2n) is 6.30. The number of carbonyl (C=O) groups is 2. The molecule has 0 saturated heterocycles. The van der Waals surface area contributed by atoms with Gasteiger partial charge in [-0.2, -0.15) is 0 Å². The molecule has 0 aromatic heterocycles. The SMILES string of the molecule is C=CCOC(=O)C1=C(C)NC(=O)N[C@H]1c1ccc(OCc2ccccc2)cc1. The van der Waals surface area contributed by atoms with Crippen molar-refractivity contribution in [1.29, 1.82) is 0 Å². The van der Waals surface area contributed by atoms with Gasteiger partial charge in [0.1, 0.15) is 19.0 Å². The Morgan fingerprint density at radius 1 is 1.14 bits per heavy atom. The normalized spacial score (nSPS) is 16.0. The molecule has 0 spiro atoms. The Hall–Kier alpha value is -3.54. The highest BCUT2D eigenvalue weighted by Gasteiger charge is 2.32. The van der Waals surface area contributed by atoms with E-state index in [0.717, 1.165) is 11.1 Å². The van der Waals surface area contributed by atoms with Gasteiger partial charge in [0.2, 0.25) is 0 Å². The fourth-order valence-electron chi connectivity index (χ4n) is 2.92. The van der Waals surface area contributed by atoms with Gasteiger partial charge in [-0.05, 0) is 30.2 Å². The molecule has 144 valence electrons. The number of nitrogens with one attached hydrogen (secondary N) is 2. The Kier molecular flexibility index (Phi) is 6.11. The van der Waals surface area contributed by atoms with Crippen LogP contribution in [0.1, 0.15) is 24.1 Å². The molecule has 6 heteroatoms. The summed E-state index contributed by atoms with van der Waals surface area (Å²) in [6, 6.07) is 16.2. The standard InChI is InChI=1S/C22H22N2O4/c1-3-13-27-21(25)19-15(2)23-22(26)24-20(19)17-9-11-18(12-10-17)28-14-16-7-5-4-6-8-16/h3-12,20H,1,13-14H2,2H3,(H2,23,24,26)/t20-/m0/s1. The number of urea groups is 1. The summed E-state index contributed by atoms with van der Waals surface area (Å²) in [5.74, 6) is 0.198. The summed E-state index contributed by atoms with van der Waals surface area (Å²) in [6.45, 7) is 5.78. The maximum atomic E-state index is 12.4. The average Bonchev–Trinajstić information content (AvgIpc) is 2.71. The van der Waals surface area contributed by atoms with Crippen LogP contribution in [0.2, 0.25) is 0 Å². The zero-order valence-corrected chi connectivity index (χ0v) is 15.6. The monoisotopic (exact) mass is 378 g/mol. The summed E-state index contributed by atoms with van der Waals surface area (Å²) in [5, 5.41) is 5.39. The van der Waals surface area contributed by atoms with Gasteiger partial charge in [0.05, 0.1) is 11.6 Å². The fraction of sp³-hybridized carbons (Fsp3) is 0.182. The minimum atomic E-state index is -0.603. The molecule has 1 aliphatic rings. The summed E-state index contributed by atoms with van der Waals surface area (Å²) in [7, 11) is 0. The highest BCUT2D eigenvalue weighted by molar-refractivity contribution is 5.95. The molecule has 1 aliphatic heterocycles. The van der Waals surface area contributed by atoms with E-state index >= 15 is 0 Å². The molecule has 0 fully saturated rings. The number of esters is 1. The summed E-state index contributed by atoms with van der Waals surface area (Å²) < 4.78 is 11.0. The summed E-state index contributed by atoms with van der Waals surface area (Å²) >= 11 is 0. The number of carbonyl (C=O) groups excluding carboxylic acids is 2. The first-order valence-electron chi connectivity index (χ1n) is 8.91. The molecule has 1 heterocycles. The van der Waals surface area contributed by atoms with Gasteiger partial charge in [-0.15, -0.1) is 0 Å². The predicted molar refractivity (Wildman–Crippen MR) is 105 cm³/mol. The zero-order chi connectivity index (χ0) is 19.9. The quantitative estimate of drug-likeness (QED) is 0.570. The van der Waals surface area contributed by atoms with Gasteiger partial charge in [-0.3, -0.25) is 0 Å². The molecular weight excluding hydrogens is 356 g/mol. The van der Waals surface area contributed by atoms with Crippen molar-refractivity contribution in [2.45, 2.75) is 19.6 Å². The van der Waals surface area contributed by atoms with E-state index in [1.54, 1.807) is 6.92 Å². The van der Waals surface area contributed by atoms with Crippen LogP contribution >= 0.6 is 0 Å². The van der Waals surface area contributed by atoms with E-state index in [1.807, 2.05) is 54.6 Å². The van der Waals surface area contributed by atoms with Gasteiger partial charge >= 0.3 is 12.0 Å². The Morgan fingerprint density at radius 3 is 2.54 bits per heavy atom. The van der Waals surface area contributed by atoms with Crippen LogP contribution in [0, 0.1) is 0 Å². The number of hydrogen-bond acceptors (Lipinski definition) is 4. The van der Waals surface area contributed by atoms with E-state index in [1.165, 1.54) is 6.08 Å². The van der Waals surface area contributed by atoms with Crippen LogP contribution in [-0.4, -0.2) is 18.6 Å². The van der Waals surface area contributed by atoms with Crippen molar-refractivity contribution in [3.8, 4) is 5.75 Å². The van der Waals surface area contributed by atoms with Crippen molar-refractivity contribution in [1.82, 2.24) is 10.6 Å². The highest BCUT2D eigenvalue weighted by Crippen LogP contribution is 2.29. The molecule has 3 rings (SSSR count). The number of benzene rings is 2. The molecule has 2 aromatic carbocycles. The van der Waals surface area contributed by atoms with E-state index in [-0.39, 0.29) is 12.6 Å². The van der Waals surface area contributed by atoms with E-state index < -0.39 is 12.0 Å². The first-order chi connectivity index (χ1) is 13.6. The second-order valence-corrected chi connectivity index (χ2v) is 6.30. The van der Waals surface area contributed by atoms with E-state index in [9.17, 15) is 9.59 Å². The second kappa shape index (κ2) is 8.90. The number of rotatable bonds is 7. The number of ether oxygens (including phenoxy) is 2. The van der Waals surface area contributed by atoms with Crippen molar-refractivity contribution in [3.05, 3.63) is 89.6 Å². The third kappa shape index (κ3) is 4.59. The maximum Gasteiger partial charge on any atom is 0.338 e. The molecule has 28 heavy (non-hydrogen) atoms. The lowest BCUT2D eigenvalue weighted by atomic mass is 9.95. The van der Waals surface area contributed by atoms with Gasteiger partial charge in [-0.25, -0.2) is 9.59 Å². The Morgan fingerprint density at radius 2 is 1.86 bits per heavy atom. The van der Waals surface area contributed by atoms with Crippen molar-refractivity contribution in [2.75, 3.05) is 6.61 Å². The van der Waals surface area contributed by atoms with Crippen LogP contribution in [0.3, 0.4) is 0 Å². The molecule has 0 unspecified atom stereocenters. The number of hydrogen-bond donors (Lipinski definition) is 2. The van der Waals surface area contributed by atoms with E-state index in [0.29, 0.717) is 23.6 Å². The van der Waals surface area contributed by atoms with Crippen molar-refractivity contribution in [3.63, 3.8) is 0 Å². The van der Waals surface area contributed by atoms with Crippen LogP contribution in [-0.2, 0) is 16.1 Å². The lowest BCUT2D eigenvalue weighted by Crippen LogP contribution is -2.45. The predicted octanol–water partition coefficient (Wildman–Crippen LogP) is 3.62. The summed E-state index contributed by atoms with van der Waals surface area (Å²) in [4.78, 5) is 24.4. The molecule has 0 radical (unpaired) electrons. The van der Waals surface area contributed by atoms with Gasteiger partial charge in [0, 0.05) is 5.70 Å². The Labute approximate surface area is 163 Å². The van der Waals surface area contributed by atoms with Crippen molar-refractivity contribution in [2.24, 2.45) is 0 Å². The fourth-order valence-corrected chi connectivity index (χ4v) is 2.92. The van der Waals surface area contributed by atoms with Gasteiger partial charge in [-0.1, -0.05) is 55.1 Å². The number of allylic oxidation sites excluding steroid dienone is 1. The van der Waals surface area contributed by atoms with Gasteiger partial charge in [0.25, 0.3) is 0 Å². The average molecular weight is 378 g/mol. The maximum absolute atomic E-state index is 12.4. The Balaban J connectivity index is 1.76. The van der Waals surface area contributed by atoms with Crippen LogP contribution in [0.4, 0.5) is 4.79 Å². The largest absolute Gasteiger partial charge is 0.489 e. The molecule has 2 N–H and O–H groups in total. The first-order valence-corrected chi connectivity index (χ1v) is 8.91. The molecule has 0 bridgehead atoms. The molecule has 0 aliphatic carbocycles. The van der Waals surface area contributed by atoms with Crippen molar-refractivity contribution >= 4 is 12.0 Å². The topological polar surface area (TPSA) is 76.7 Å². The molecule has 2 amide bonds. The lowest BCUT2D eigenvalue weighted by molar-refractivity contribution is -0.138. The minimum Gasteiger partial charge on any atom is -0.489 e.